The van der Waals surface area contributed by atoms with Gasteiger partial charge in [0, 0.05) is 27.1 Å². The maximum absolute atomic E-state index is 12.4. The number of aliphatic hydroxyl groups is 1. The first kappa shape index (κ1) is 25.3. The summed E-state index contributed by atoms with van der Waals surface area (Å²) in [6.45, 7) is 2.06. The average molecular weight is 495 g/mol. The minimum absolute atomic E-state index is 0.113. The van der Waals surface area contributed by atoms with E-state index in [0.29, 0.717) is 25.6 Å². The summed E-state index contributed by atoms with van der Waals surface area (Å²) in [5.41, 5.74) is 0. The Morgan fingerprint density at radius 3 is 2.63 bits per heavy atom. The van der Waals surface area contributed by atoms with E-state index in [4.69, 9.17) is 13.0 Å². The number of hydrogen-bond donors (Lipinski definition) is 2. The molecule has 4 atom stereocenters. The van der Waals surface area contributed by atoms with E-state index in [-0.39, 0.29) is 36.1 Å². The Kier molecular flexibility index (Phi) is 10.8. The second kappa shape index (κ2) is 12.8. The molecule has 2 N–H and O–H groups in total. The van der Waals surface area contributed by atoms with Gasteiger partial charge in [-0.05, 0) is 78.4 Å². The fourth-order valence-corrected chi connectivity index (χ4v) is 5.99. The molecule has 1 saturated carbocycles. The van der Waals surface area contributed by atoms with Gasteiger partial charge in [-0.1, -0.05) is 31.7 Å². The summed E-state index contributed by atoms with van der Waals surface area (Å²) < 4.78 is 1.10. The lowest BCUT2D eigenvalue weighted by molar-refractivity contribution is -0.137. The van der Waals surface area contributed by atoms with E-state index in [1.54, 1.807) is 17.4 Å². The van der Waals surface area contributed by atoms with E-state index in [1.165, 1.54) is 9.75 Å². The standard InChI is InChI=1S/C23H32BBrO4S/c1-15-21(25)13-18(30-15)10-8-17(26)9-11-19-16(14-24)12-22(27)20(19)6-4-2-3-5-7-23(28)29/h9,11,13,16,19-20,22,27H,2-8,10,12,14H2,1H3,(H,28,29)/b11-9+/t16-,19-,20+,22?/m0/s1. The molecule has 0 spiro atoms. The van der Waals surface area contributed by atoms with Gasteiger partial charge in [0.1, 0.15) is 0 Å². The number of thiophene rings is 1. The minimum Gasteiger partial charge on any atom is -0.481 e. The van der Waals surface area contributed by atoms with Crippen molar-refractivity contribution in [1.29, 1.82) is 0 Å². The number of hydrogen-bond acceptors (Lipinski definition) is 4. The van der Waals surface area contributed by atoms with E-state index in [0.717, 1.165) is 36.6 Å². The lowest BCUT2D eigenvalue weighted by atomic mass is 9.79. The third-order valence-electron chi connectivity index (χ3n) is 6.09. The van der Waals surface area contributed by atoms with Gasteiger partial charge in [0.05, 0.1) is 14.0 Å². The Bertz CT molecular complexity index is 713. The average Bonchev–Trinajstić information content (AvgIpc) is 3.19. The molecule has 164 valence electrons. The molecule has 0 saturated heterocycles. The summed E-state index contributed by atoms with van der Waals surface area (Å²) in [7, 11) is 5.94. The SMILES string of the molecule is [B]C[C@@H]1CC(O)[C@H](CCCCCCC(=O)O)[C@H]1/C=C/C(=O)CCc1cc(Br)c(C)s1. The van der Waals surface area contributed by atoms with Crippen LogP contribution < -0.4 is 0 Å². The topological polar surface area (TPSA) is 74.6 Å². The van der Waals surface area contributed by atoms with E-state index >= 15 is 0 Å². The van der Waals surface area contributed by atoms with Crippen LogP contribution >= 0.6 is 27.3 Å². The summed E-state index contributed by atoms with van der Waals surface area (Å²) in [6.07, 6.45) is 10.4. The molecule has 0 aromatic carbocycles. The number of carboxylic acid groups (broad SMARTS) is 1. The molecule has 1 aliphatic rings. The zero-order valence-electron chi connectivity index (χ0n) is 17.7. The van der Waals surface area contributed by atoms with Crippen LogP contribution in [0.3, 0.4) is 0 Å². The van der Waals surface area contributed by atoms with Gasteiger partial charge in [0.15, 0.2) is 5.78 Å². The molecule has 1 aromatic rings. The zero-order chi connectivity index (χ0) is 22.1. The Morgan fingerprint density at radius 1 is 1.27 bits per heavy atom. The number of carbonyl (C=O) groups is 2. The first-order chi connectivity index (χ1) is 14.3. The number of aryl methyl sites for hydroxylation is 2. The predicted molar refractivity (Wildman–Crippen MR) is 126 cm³/mol. The molecule has 1 aromatic heterocycles. The van der Waals surface area contributed by atoms with Crippen LogP contribution in [0.2, 0.25) is 6.32 Å². The molecular weight excluding hydrogens is 463 g/mol. The summed E-state index contributed by atoms with van der Waals surface area (Å²) in [5, 5.41) is 19.2. The second-order valence-electron chi connectivity index (χ2n) is 8.33. The molecule has 0 aliphatic heterocycles. The smallest absolute Gasteiger partial charge is 0.303 e. The molecule has 1 aliphatic carbocycles. The number of rotatable bonds is 13. The van der Waals surface area contributed by atoms with Crippen LogP contribution in [0.25, 0.3) is 0 Å². The van der Waals surface area contributed by atoms with Crippen LogP contribution in [0.15, 0.2) is 22.7 Å². The van der Waals surface area contributed by atoms with Crippen LogP contribution in [0.5, 0.6) is 0 Å². The maximum atomic E-state index is 12.4. The summed E-state index contributed by atoms with van der Waals surface area (Å²) in [5.74, 6) is -0.175. The highest BCUT2D eigenvalue weighted by molar-refractivity contribution is 9.10. The zero-order valence-corrected chi connectivity index (χ0v) is 20.1. The first-order valence-electron chi connectivity index (χ1n) is 10.9. The van der Waals surface area contributed by atoms with E-state index in [1.807, 2.05) is 6.08 Å². The fourth-order valence-electron chi connectivity index (χ4n) is 4.39. The van der Waals surface area contributed by atoms with Crippen LogP contribution in [0.4, 0.5) is 0 Å². The summed E-state index contributed by atoms with van der Waals surface area (Å²) in [4.78, 5) is 25.4. The molecule has 30 heavy (non-hydrogen) atoms. The van der Waals surface area contributed by atoms with Crippen LogP contribution in [-0.4, -0.2) is 35.9 Å². The van der Waals surface area contributed by atoms with E-state index < -0.39 is 5.97 Å². The van der Waals surface area contributed by atoms with Crippen molar-refractivity contribution in [3.05, 3.63) is 32.4 Å². The van der Waals surface area contributed by atoms with Crippen LogP contribution in [0.1, 0.15) is 61.1 Å². The van der Waals surface area contributed by atoms with Gasteiger partial charge in [-0.15, -0.1) is 11.3 Å². The maximum Gasteiger partial charge on any atom is 0.303 e. The van der Waals surface area contributed by atoms with Crippen molar-refractivity contribution in [3.8, 4) is 0 Å². The normalized spacial score (nSPS) is 24.0. The first-order valence-corrected chi connectivity index (χ1v) is 12.5. The van der Waals surface area contributed by atoms with Gasteiger partial charge in [-0.25, -0.2) is 0 Å². The van der Waals surface area contributed by atoms with Gasteiger partial charge in [0.2, 0.25) is 0 Å². The predicted octanol–water partition coefficient (Wildman–Crippen LogP) is 5.50. The van der Waals surface area contributed by atoms with Crippen molar-refractivity contribution in [2.45, 2.75) is 77.1 Å². The summed E-state index contributed by atoms with van der Waals surface area (Å²) in [6, 6.07) is 2.08. The lowest BCUT2D eigenvalue weighted by Crippen LogP contribution is -2.19. The van der Waals surface area contributed by atoms with Gasteiger partial charge >= 0.3 is 5.97 Å². The highest BCUT2D eigenvalue weighted by Gasteiger charge is 2.39. The van der Waals surface area contributed by atoms with E-state index in [2.05, 4.69) is 28.9 Å². The number of unbranched alkanes of at least 4 members (excludes halogenated alkanes) is 3. The van der Waals surface area contributed by atoms with Gasteiger partial charge < -0.3 is 10.2 Å². The number of allylic oxidation sites excluding steroid dienone is 2. The van der Waals surface area contributed by atoms with Crippen molar-refractivity contribution in [1.82, 2.24) is 0 Å². The molecule has 7 heteroatoms. The van der Waals surface area contributed by atoms with Crippen molar-refractivity contribution in [2.24, 2.45) is 17.8 Å². The second-order valence-corrected chi connectivity index (χ2v) is 10.5. The quantitative estimate of drug-likeness (QED) is 0.215. The Balaban J connectivity index is 1.84. The number of aliphatic hydroxyl groups excluding tert-OH is 1. The van der Waals surface area contributed by atoms with Gasteiger partial charge in [-0.3, -0.25) is 9.59 Å². The molecule has 0 amide bonds. The Morgan fingerprint density at radius 2 is 2.00 bits per heavy atom. The lowest BCUT2D eigenvalue weighted by Gasteiger charge is -2.22. The molecule has 2 rings (SSSR count). The molecule has 1 unspecified atom stereocenters. The fraction of sp³-hybridized carbons (Fsp3) is 0.652. The number of halogens is 1. The highest BCUT2D eigenvalue weighted by Crippen LogP contribution is 2.42. The number of carbonyl (C=O) groups excluding carboxylic acids is 1. The van der Waals surface area contributed by atoms with Gasteiger partial charge in [-0.2, -0.15) is 0 Å². The monoisotopic (exact) mass is 494 g/mol. The van der Waals surface area contributed by atoms with Gasteiger partial charge in [0.25, 0.3) is 0 Å². The van der Waals surface area contributed by atoms with Crippen molar-refractivity contribution < 1.29 is 19.8 Å². The molecule has 4 nitrogen and oxygen atoms in total. The third-order valence-corrected chi connectivity index (χ3v) is 8.28. The molecule has 1 heterocycles. The number of aliphatic carboxylic acids is 1. The van der Waals surface area contributed by atoms with Crippen LogP contribution in [-0.2, 0) is 16.0 Å². The molecule has 1 fully saturated rings. The third kappa shape index (κ3) is 7.97. The van der Waals surface area contributed by atoms with Crippen molar-refractivity contribution in [3.63, 3.8) is 0 Å². The van der Waals surface area contributed by atoms with Crippen molar-refractivity contribution in [2.75, 3.05) is 0 Å². The Hall–Kier alpha value is -0.915. The summed E-state index contributed by atoms with van der Waals surface area (Å²) >= 11 is 5.23. The molecule has 0 bridgehead atoms. The molecule has 2 radical (unpaired) electrons. The van der Waals surface area contributed by atoms with E-state index in [9.17, 15) is 14.7 Å². The van der Waals surface area contributed by atoms with Crippen LogP contribution in [0, 0.1) is 24.7 Å². The Labute approximate surface area is 193 Å². The molecular formula is C23H32BBrO4S. The minimum atomic E-state index is -0.747. The number of ketones is 1. The highest BCUT2D eigenvalue weighted by atomic mass is 79.9. The van der Waals surface area contributed by atoms with Crippen molar-refractivity contribution >= 4 is 46.9 Å². The number of carboxylic acids is 1. The largest absolute Gasteiger partial charge is 0.481 e.